The molecule has 49 heavy (non-hydrogen) atoms. The lowest BCUT2D eigenvalue weighted by atomic mass is 9.64. The number of ketones is 1. The number of methoxy groups -OCH3 is 1. The number of carbonyl (C=O) groups excluding carboxylic acids is 1. The molecule has 8 nitrogen and oxygen atoms in total. The van der Waals surface area contributed by atoms with Gasteiger partial charge in [-0.05, 0) is 124 Å². The van der Waals surface area contributed by atoms with E-state index in [-0.39, 0.29) is 35.1 Å². The maximum atomic E-state index is 14.3. The summed E-state index contributed by atoms with van der Waals surface area (Å²) in [5.41, 5.74) is 1.84. The fourth-order valence-electron chi connectivity index (χ4n) is 8.19. The van der Waals surface area contributed by atoms with Gasteiger partial charge in [-0.15, -0.1) is 11.3 Å². The summed E-state index contributed by atoms with van der Waals surface area (Å²) < 4.78 is 41.3. The summed E-state index contributed by atoms with van der Waals surface area (Å²) >= 11 is 1.18. The molecule has 3 aromatic rings. The molecule has 2 aromatic carbocycles. The first-order valence-corrected chi connectivity index (χ1v) is 19.8. The van der Waals surface area contributed by atoms with Crippen LogP contribution in [0.25, 0.3) is 0 Å². The molecule has 1 aromatic heterocycles. The van der Waals surface area contributed by atoms with E-state index < -0.39 is 27.1 Å². The van der Waals surface area contributed by atoms with Gasteiger partial charge in [-0.2, -0.15) is 4.31 Å². The molecule has 1 saturated carbocycles. The topological polar surface area (TPSA) is 113 Å². The van der Waals surface area contributed by atoms with Crippen LogP contribution in [-0.4, -0.2) is 73.3 Å². The van der Waals surface area contributed by atoms with Crippen LogP contribution in [0.15, 0.2) is 75.8 Å². The lowest BCUT2D eigenvalue weighted by Crippen LogP contribution is -2.54. The number of sulfonamides is 1. The van der Waals surface area contributed by atoms with Crippen molar-refractivity contribution in [2.45, 2.75) is 99.6 Å². The Hall–Kier alpha value is -2.86. The van der Waals surface area contributed by atoms with Crippen LogP contribution in [0.4, 0.5) is 0 Å². The maximum Gasteiger partial charge on any atom is 0.252 e. The van der Waals surface area contributed by atoms with Gasteiger partial charge in [-0.1, -0.05) is 36.8 Å². The summed E-state index contributed by atoms with van der Waals surface area (Å²) in [4.78, 5) is 14.3. The molecule has 5 atom stereocenters. The smallest absolute Gasteiger partial charge is 0.252 e. The molecule has 2 heterocycles. The highest BCUT2D eigenvalue weighted by atomic mass is 32.2. The van der Waals surface area contributed by atoms with E-state index in [9.17, 15) is 23.4 Å². The summed E-state index contributed by atoms with van der Waals surface area (Å²) in [6.07, 6.45) is 7.12. The quantitative estimate of drug-likeness (QED) is 0.184. The Morgan fingerprint density at radius 2 is 1.90 bits per heavy atom. The van der Waals surface area contributed by atoms with Gasteiger partial charge in [0.15, 0.2) is 5.78 Å². The highest BCUT2D eigenvalue weighted by molar-refractivity contribution is 7.91. The molecule has 264 valence electrons. The van der Waals surface area contributed by atoms with Crippen LogP contribution in [0.2, 0.25) is 0 Å². The summed E-state index contributed by atoms with van der Waals surface area (Å²) in [5.74, 6) is 0.305. The molecule has 0 spiro atoms. The van der Waals surface area contributed by atoms with Gasteiger partial charge < -0.3 is 19.7 Å². The Morgan fingerprint density at radius 3 is 2.59 bits per heavy atom. The van der Waals surface area contributed by atoms with Crippen LogP contribution in [0.1, 0.15) is 98.2 Å². The van der Waals surface area contributed by atoms with Gasteiger partial charge in [0.05, 0.1) is 24.9 Å². The fraction of sp³-hybridized carbons (Fsp3) is 0.513. The lowest BCUT2D eigenvalue weighted by Gasteiger charge is -2.46. The van der Waals surface area contributed by atoms with Crippen molar-refractivity contribution in [3.8, 4) is 5.75 Å². The van der Waals surface area contributed by atoms with E-state index in [1.807, 2.05) is 18.2 Å². The van der Waals surface area contributed by atoms with Crippen molar-refractivity contribution in [3.05, 3.63) is 93.9 Å². The molecule has 5 unspecified atom stereocenters. The van der Waals surface area contributed by atoms with E-state index in [0.717, 1.165) is 30.4 Å². The van der Waals surface area contributed by atoms with E-state index in [0.29, 0.717) is 62.0 Å². The summed E-state index contributed by atoms with van der Waals surface area (Å²) in [6, 6.07) is 16.4. The number of nitrogens with zero attached hydrogens (tertiary/aromatic N) is 1. The van der Waals surface area contributed by atoms with Crippen LogP contribution in [0, 0.1) is 5.41 Å². The Bertz CT molecular complexity index is 1750. The predicted molar refractivity (Wildman–Crippen MR) is 192 cm³/mol. The monoisotopic (exact) mass is 707 g/mol. The third-order valence-corrected chi connectivity index (χ3v) is 14.4. The second-order valence-electron chi connectivity index (χ2n) is 14.4. The minimum atomic E-state index is -3.90. The summed E-state index contributed by atoms with van der Waals surface area (Å²) in [7, 11) is -2.31. The summed E-state index contributed by atoms with van der Waals surface area (Å²) in [6.45, 7) is 4.89. The van der Waals surface area contributed by atoms with Gasteiger partial charge in [-0.25, -0.2) is 8.42 Å². The van der Waals surface area contributed by atoms with Crippen LogP contribution >= 0.6 is 11.3 Å². The second kappa shape index (κ2) is 14.8. The van der Waals surface area contributed by atoms with E-state index in [1.54, 1.807) is 48.9 Å². The molecule has 1 aliphatic heterocycles. The van der Waals surface area contributed by atoms with Crippen molar-refractivity contribution < 1.29 is 32.9 Å². The number of hydrogen-bond acceptors (Lipinski definition) is 8. The fourth-order valence-corrected chi connectivity index (χ4v) is 10.9. The average molecular weight is 708 g/mol. The van der Waals surface area contributed by atoms with Crippen molar-refractivity contribution in [1.29, 1.82) is 0 Å². The molecule has 7 rings (SSSR count). The number of aliphatic hydroxyl groups is 2. The third-order valence-electron chi connectivity index (χ3n) is 11.2. The molecule has 0 amide bonds. The second-order valence-corrected chi connectivity index (χ2v) is 17.5. The maximum absolute atomic E-state index is 14.3. The molecule has 2 bridgehead atoms. The van der Waals surface area contributed by atoms with Gasteiger partial charge in [0, 0.05) is 36.2 Å². The van der Waals surface area contributed by atoms with Crippen LogP contribution < -0.4 is 4.74 Å². The molecule has 3 aliphatic carbocycles. The SMILES string of the molecule is COc1ccc(C(=O)c2cc3ccc2C2CCC(O)(CN(CC4CCCO4)S(=O)(=O)c4cccs4)C2(C)CCC=C(C)CCC(O)C3)cc1. The molecule has 2 fully saturated rings. The Balaban J connectivity index is 1.44. The number of carbonyl (C=O) groups is 1. The van der Waals surface area contributed by atoms with Crippen molar-refractivity contribution in [2.24, 2.45) is 5.41 Å². The first-order chi connectivity index (χ1) is 23.4. The van der Waals surface area contributed by atoms with Crippen molar-refractivity contribution in [3.63, 3.8) is 0 Å². The van der Waals surface area contributed by atoms with Crippen molar-refractivity contribution in [2.75, 3.05) is 26.8 Å². The molecule has 0 radical (unpaired) electrons. The van der Waals surface area contributed by atoms with Crippen LogP contribution in [0.3, 0.4) is 0 Å². The number of aliphatic hydroxyl groups excluding tert-OH is 1. The number of benzene rings is 2. The van der Waals surface area contributed by atoms with Gasteiger partial charge in [0.2, 0.25) is 0 Å². The van der Waals surface area contributed by atoms with E-state index in [2.05, 4.69) is 19.9 Å². The molecule has 4 aliphatic rings. The number of allylic oxidation sites excluding steroid dienone is 2. The van der Waals surface area contributed by atoms with Crippen LogP contribution in [0.5, 0.6) is 5.75 Å². The Labute approximate surface area is 294 Å². The predicted octanol–water partition coefficient (Wildman–Crippen LogP) is 6.90. The van der Waals surface area contributed by atoms with E-state index >= 15 is 0 Å². The van der Waals surface area contributed by atoms with Gasteiger partial charge >= 0.3 is 0 Å². The minimum absolute atomic E-state index is 0.0607. The molecule has 1 saturated heterocycles. The van der Waals surface area contributed by atoms with Crippen LogP contribution in [-0.2, 0) is 21.2 Å². The molecule has 2 N–H and O–H groups in total. The van der Waals surface area contributed by atoms with E-state index in [1.165, 1.54) is 21.2 Å². The molecular weight excluding hydrogens is 659 g/mol. The van der Waals surface area contributed by atoms with Gasteiger partial charge in [-0.3, -0.25) is 4.79 Å². The molecular formula is C39H49NO7S2. The Kier molecular flexibility index (Phi) is 10.8. The zero-order valence-electron chi connectivity index (χ0n) is 28.8. The molecule has 10 heteroatoms. The summed E-state index contributed by atoms with van der Waals surface area (Å²) in [5, 5.41) is 25.6. The number of rotatable bonds is 9. The number of fused-ring (bicyclic) bond motifs is 8. The highest BCUT2D eigenvalue weighted by Crippen LogP contribution is 2.59. The lowest BCUT2D eigenvalue weighted by molar-refractivity contribution is -0.0754. The number of thiophene rings is 1. The largest absolute Gasteiger partial charge is 0.497 e. The van der Waals surface area contributed by atoms with E-state index in [4.69, 9.17) is 9.47 Å². The normalized spacial score (nSPS) is 27.9. The van der Waals surface area contributed by atoms with Crippen molar-refractivity contribution >= 4 is 27.1 Å². The highest BCUT2D eigenvalue weighted by Gasteiger charge is 2.58. The van der Waals surface area contributed by atoms with Crippen molar-refractivity contribution in [1.82, 2.24) is 4.31 Å². The van der Waals surface area contributed by atoms with Gasteiger partial charge in [0.25, 0.3) is 10.0 Å². The third kappa shape index (κ3) is 7.46. The minimum Gasteiger partial charge on any atom is -0.497 e. The zero-order chi connectivity index (χ0) is 34.8. The zero-order valence-corrected chi connectivity index (χ0v) is 30.4. The number of ether oxygens (including phenoxy) is 2. The Morgan fingerprint density at radius 1 is 1.10 bits per heavy atom. The standard InChI is InChI=1S/C39H49NO7S2/c1-27-7-4-19-38(2)35(18-20-39(38,43)26-40(25-32-8-5-21-47-32)49(44,45)36-9-6-22-48-36)33-17-11-28(23-30(41)14-10-27)24-34(33)37(42)29-12-15-31(46-3)16-13-29/h6-7,9,11-13,15-17,22,24,30,32,35,41,43H,4-5,8,10,14,18-21,23,25-26H2,1-3H3. The first kappa shape index (κ1) is 35.9. The number of hydrogen-bond donors (Lipinski definition) is 2. The average Bonchev–Trinajstić information content (AvgIpc) is 3.86. The first-order valence-electron chi connectivity index (χ1n) is 17.5. The van der Waals surface area contributed by atoms with Gasteiger partial charge in [0.1, 0.15) is 9.96 Å².